The first-order chi connectivity index (χ1) is 8.29. The summed E-state index contributed by atoms with van der Waals surface area (Å²) in [5.41, 5.74) is 1.26. The van der Waals surface area contributed by atoms with Gasteiger partial charge in [-0.05, 0) is 37.5 Å². The maximum atomic E-state index is 5.15. The van der Waals surface area contributed by atoms with Crippen LogP contribution in [0.5, 0.6) is 5.75 Å². The number of hydrogen-bond acceptors (Lipinski definition) is 3. The minimum Gasteiger partial charge on any atom is -0.497 e. The second kappa shape index (κ2) is 5.71. The molecule has 0 spiro atoms. The van der Waals surface area contributed by atoms with Gasteiger partial charge in [0.25, 0.3) is 0 Å². The Morgan fingerprint density at radius 3 is 2.59 bits per heavy atom. The lowest BCUT2D eigenvalue weighted by atomic mass is 10.1. The third-order valence-electron chi connectivity index (χ3n) is 3.12. The van der Waals surface area contributed by atoms with Crippen LogP contribution in [-0.2, 0) is 0 Å². The molecule has 92 valence electrons. The normalized spacial score (nSPS) is 17.2. The average Bonchev–Trinajstić information content (AvgIpc) is 2.40. The topological polar surface area (TPSA) is 33.6 Å². The molecule has 0 aliphatic carbocycles. The Balaban J connectivity index is 1.98. The third-order valence-corrected chi connectivity index (χ3v) is 3.12. The quantitative estimate of drug-likeness (QED) is 0.869. The van der Waals surface area contributed by atoms with Crippen molar-refractivity contribution in [3.63, 3.8) is 0 Å². The highest BCUT2D eigenvalue weighted by molar-refractivity contribution is 5.83. The monoisotopic (exact) mass is 232 g/mol. The molecular formula is C14H20N2O. The van der Waals surface area contributed by atoms with Crippen molar-refractivity contribution in [1.82, 2.24) is 5.32 Å². The molecule has 0 saturated heterocycles. The van der Waals surface area contributed by atoms with Gasteiger partial charge in [-0.3, -0.25) is 4.99 Å². The van der Waals surface area contributed by atoms with Gasteiger partial charge in [0.2, 0.25) is 0 Å². The third kappa shape index (κ3) is 3.22. The SMILES string of the molecule is COc1ccc(C(C)NC2=NCCCC2)cc1. The zero-order valence-corrected chi connectivity index (χ0v) is 10.6. The predicted octanol–water partition coefficient (Wildman–Crippen LogP) is 2.93. The first-order valence-electron chi connectivity index (χ1n) is 6.23. The first kappa shape index (κ1) is 12.0. The van der Waals surface area contributed by atoms with Crippen LogP contribution in [0, 0.1) is 0 Å². The molecular weight excluding hydrogens is 212 g/mol. The van der Waals surface area contributed by atoms with Gasteiger partial charge in [-0.1, -0.05) is 12.1 Å². The summed E-state index contributed by atoms with van der Waals surface area (Å²) in [7, 11) is 1.69. The molecule has 0 saturated carbocycles. The lowest BCUT2D eigenvalue weighted by molar-refractivity contribution is 0.414. The van der Waals surface area contributed by atoms with Crippen LogP contribution < -0.4 is 10.1 Å². The van der Waals surface area contributed by atoms with Gasteiger partial charge in [0.05, 0.1) is 12.9 Å². The molecule has 1 atom stereocenters. The number of amidine groups is 1. The summed E-state index contributed by atoms with van der Waals surface area (Å²) < 4.78 is 5.15. The molecule has 3 heteroatoms. The molecule has 3 nitrogen and oxygen atoms in total. The number of nitrogens with one attached hydrogen (secondary N) is 1. The molecule has 1 heterocycles. The van der Waals surface area contributed by atoms with Crippen LogP contribution in [0.4, 0.5) is 0 Å². The Morgan fingerprint density at radius 2 is 2.00 bits per heavy atom. The van der Waals surface area contributed by atoms with Crippen LogP contribution >= 0.6 is 0 Å². The van der Waals surface area contributed by atoms with E-state index in [1.165, 1.54) is 18.4 Å². The van der Waals surface area contributed by atoms with Gasteiger partial charge < -0.3 is 10.1 Å². The van der Waals surface area contributed by atoms with Crippen molar-refractivity contribution in [3.05, 3.63) is 29.8 Å². The molecule has 2 rings (SSSR count). The Kier molecular flexibility index (Phi) is 4.02. The Morgan fingerprint density at radius 1 is 1.24 bits per heavy atom. The van der Waals surface area contributed by atoms with Crippen molar-refractivity contribution in [2.24, 2.45) is 4.99 Å². The minimum atomic E-state index is 0.303. The van der Waals surface area contributed by atoms with Crippen molar-refractivity contribution in [2.45, 2.75) is 32.2 Å². The average molecular weight is 232 g/mol. The maximum Gasteiger partial charge on any atom is 0.118 e. The fraction of sp³-hybridized carbons (Fsp3) is 0.500. The summed E-state index contributed by atoms with van der Waals surface area (Å²) in [5.74, 6) is 2.05. The smallest absolute Gasteiger partial charge is 0.118 e. The van der Waals surface area contributed by atoms with Crippen molar-refractivity contribution in [2.75, 3.05) is 13.7 Å². The summed E-state index contributed by atoms with van der Waals surface area (Å²) in [4.78, 5) is 4.51. The van der Waals surface area contributed by atoms with Crippen LogP contribution in [0.2, 0.25) is 0 Å². The van der Waals surface area contributed by atoms with Crippen molar-refractivity contribution < 1.29 is 4.74 Å². The van der Waals surface area contributed by atoms with Crippen molar-refractivity contribution >= 4 is 5.84 Å². The van der Waals surface area contributed by atoms with Crippen LogP contribution in [0.15, 0.2) is 29.3 Å². The molecule has 1 aromatic rings. The largest absolute Gasteiger partial charge is 0.497 e. The Hall–Kier alpha value is -1.51. The lowest BCUT2D eigenvalue weighted by Gasteiger charge is -2.20. The Labute approximate surface area is 103 Å². The van der Waals surface area contributed by atoms with E-state index in [4.69, 9.17) is 4.74 Å². The highest BCUT2D eigenvalue weighted by Crippen LogP contribution is 2.18. The molecule has 17 heavy (non-hydrogen) atoms. The number of hydrogen-bond donors (Lipinski definition) is 1. The van der Waals surface area contributed by atoms with E-state index in [0.717, 1.165) is 24.6 Å². The first-order valence-corrected chi connectivity index (χ1v) is 6.23. The number of aliphatic imine (C=N–C) groups is 1. The van der Waals surface area contributed by atoms with Gasteiger partial charge in [-0.15, -0.1) is 0 Å². The van der Waals surface area contributed by atoms with Crippen LogP contribution in [0.25, 0.3) is 0 Å². The number of rotatable bonds is 3. The standard InChI is InChI=1S/C14H20N2O/c1-11(16-14-5-3-4-10-15-14)12-6-8-13(17-2)9-7-12/h6-9,11H,3-5,10H2,1-2H3,(H,15,16). The number of benzene rings is 1. The van der Waals surface area contributed by atoms with Gasteiger partial charge in [0.15, 0.2) is 0 Å². The molecule has 0 aromatic heterocycles. The fourth-order valence-corrected chi connectivity index (χ4v) is 2.04. The van der Waals surface area contributed by atoms with E-state index in [9.17, 15) is 0 Å². The van der Waals surface area contributed by atoms with Crippen LogP contribution in [0.1, 0.15) is 37.8 Å². The van der Waals surface area contributed by atoms with E-state index in [1.807, 2.05) is 12.1 Å². The van der Waals surface area contributed by atoms with Gasteiger partial charge in [0, 0.05) is 19.0 Å². The molecule has 0 bridgehead atoms. The molecule has 1 unspecified atom stereocenters. The summed E-state index contributed by atoms with van der Waals surface area (Å²) in [6, 6.07) is 8.49. The fourth-order valence-electron chi connectivity index (χ4n) is 2.04. The summed E-state index contributed by atoms with van der Waals surface area (Å²) in [6.45, 7) is 3.14. The minimum absolute atomic E-state index is 0.303. The number of methoxy groups -OCH3 is 1. The molecule has 1 N–H and O–H groups in total. The maximum absolute atomic E-state index is 5.15. The molecule has 1 aromatic carbocycles. The van der Waals surface area contributed by atoms with E-state index < -0.39 is 0 Å². The molecule has 0 radical (unpaired) electrons. The second-order valence-corrected chi connectivity index (χ2v) is 4.42. The van der Waals surface area contributed by atoms with Crippen molar-refractivity contribution in [1.29, 1.82) is 0 Å². The van der Waals surface area contributed by atoms with E-state index in [2.05, 4.69) is 29.4 Å². The van der Waals surface area contributed by atoms with Gasteiger partial charge in [-0.2, -0.15) is 0 Å². The van der Waals surface area contributed by atoms with Gasteiger partial charge >= 0.3 is 0 Å². The van der Waals surface area contributed by atoms with E-state index in [-0.39, 0.29) is 0 Å². The Bertz CT molecular complexity index is 384. The molecule has 1 aliphatic heterocycles. The molecule has 1 aliphatic rings. The van der Waals surface area contributed by atoms with E-state index in [0.29, 0.717) is 6.04 Å². The zero-order valence-electron chi connectivity index (χ0n) is 10.6. The lowest BCUT2D eigenvalue weighted by Crippen LogP contribution is -2.28. The summed E-state index contributed by atoms with van der Waals surface area (Å²) >= 11 is 0. The predicted molar refractivity (Wildman–Crippen MR) is 70.7 cm³/mol. The van der Waals surface area contributed by atoms with Gasteiger partial charge in [-0.25, -0.2) is 0 Å². The second-order valence-electron chi connectivity index (χ2n) is 4.42. The summed E-state index contributed by atoms with van der Waals surface area (Å²) in [6.07, 6.45) is 3.56. The molecule has 0 fully saturated rings. The highest BCUT2D eigenvalue weighted by Gasteiger charge is 2.10. The van der Waals surface area contributed by atoms with Crippen molar-refractivity contribution in [3.8, 4) is 5.75 Å². The van der Waals surface area contributed by atoms with Crippen LogP contribution in [0.3, 0.4) is 0 Å². The highest BCUT2D eigenvalue weighted by atomic mass is 16.5. The number of nitrogens with zero attached hydrogens (tertiary/aromatic N) is 1. The molecule has 0 amide bonds. The van der Waals surface area contributed by atoms with E-state index in [1.54, 1.807) is 7.11 Å². The summed E-state index contributed by atoms with van der Waals surface area (Å²) in [5, 5.41) is 3.48. The van der Waals surface area contributed by atoms with E-state index >= 15 is 0 Å². The zero-order chi connectivity index (χ0) is 12.1. The van der Waals surface area contributed by atoms with Gasteiger partial charge in [0.1, 0.15) is 5.75 Å². The van der Waals surface area contributed by atoms with Crippen LogP contribution in [-0.4, -0.2) is 19.5 Å². The number of ether oxygens (including phenoxy) is 1.